The fourth-order valence-corrected chi connectivity index (χ4v) is 1.94. The largest absolute Gasteiger partial charge is 0.416 e. The van der Waals surface area contributed by atoms with Crippen molar-refractivity contribution in [3.05, 3.63) is 64.7 Å². The number of nitrogens with one attached hydrogen (secondary N) is 1. The van der Waals surface area contributed by atoms with Crippen molar-refractivity contribution in [3.8, 4) is 0 Å². The first-order valence-corrected chi connectivity index (χ1v) is 5.99. The summed E-state index contributed by atoms with van der Waals surface area (Å²) in [6.45, 7) is 0.0933. The van der Waals surface area contributed by atoms with Crippen LogP contribution in [0.1, 0.15) is 11.1 Å². The first-order chi connectivity index (χ1) is 8.97. The predicted molar refractivity (Wildman–Crippen MR) is 70.2 cm³/mol. The SMILES string of the molecule is FC(F)(F)c1ccccc1CNc1cccc(Cl)c1. The van der Waals surface area contributed by atoms with E-state index in [2.05, 4.69) is 5.32 Å². The van der Waals surface area contributed by atoms with Gasteiger partial charge in [0.1, 0.15) is 0 Å². The second-order valence-electron chi connectivity index (χ2n) is 4.02. The molecule has 0 aromatic heterocycles. The molecule has 0 unspecified atom stereocenters. The van der Waals surface area contributed by atoms with Gasteiger partial charge in [0, 0.05) is 17.3 Å². The molecular formula is C14H11ClF3N. The number of hydrogen-bond donors (Lipinski definition) is 1. The second-order valence-corrected chi connectivity index (χ2v) is 4.46. The Kier molecular flexibility index (Phi) is 4.00. The van der Waals surface area contributed by atoms with Crippen molar-refractivity contribution in [2.24, 2.45) is 0 Å². The molecule has 2 rings (SSSR count). The summed E-state index contributed by atoms with van der Waals surface area (Å²) in [5, 5.41) is 3.47. The topological polar surface area (TPSA) is 12.0 Å². The van der Waals surface area contributed by atoms with E-state index in [1.807, 2.05) is 0 Å². The molecule has 0 atom stereocenters. The van der Waals surface area contributed by atoms with Gasteiger partial charge in [0.15, 0.2) is 0 Å². The molecule has 1 nitrogen and oxygen atoms in total. The number of anilines is 1. The number of alkyl halides is 3. The molecule has 5 heteroatoms. The van der Waals surface area contributed by atoms with Gasteiger partial charge in [0.25, 0.3) is 0 Å². The van der Waals surface area contributed by atoms with Gasteiger partial charge in [0.2, 0.25) is 0 Å². The van der Waals surface area contributed by atoms with Crippen LogP contribution in [0.15, 0.2) is 48.5 Å². The molecule has 0 saturated heterocycles. The smallest absolute Gasteiger partial charge is 0.381 e. The summed E-state index contributed by atoms with van der Waals surface area (Å²) in [5.41, 5.74) is 0.268. The molecule has 100 valence electrons. The van der Waals surface area contributed by atoms with Crippen LogP contribution in [0.3, 0.4) is 0 Å². The van der Waals surface area contributed by atoms with Crippen molar-refractivity contribution in [1.29, 1.82) is 0 Å². The normalized spacial score (nSPS) is 11.4. The van der Waals surface area contributed by atoms with Crippen LogP contribution in [0.2, 0.25) is 5.02 Å². The molecule has 0 bridgehead atoms. The predicted octanol–water partition coefficient (Wildman–Crippen LogP) is 4.97. The van der Waals surface area contributed by atoms with Crippen molar-refractivity contribution in [3.63, 3.8) is 0 Å². The van der Waals surface area contributed by atoms with Gasteiger partial charge in [0.05, 0.1) is 5.56 Å². The summed E-state index contributed by atoms with van der Waals surface area (Å²) < 4.78 is 38.4. The summed E-state index contributed by atoms with van der Waals surface area (Å²) in [4.78, 5) is 0. The van der Waals surface area contributed by atoms with Crippen molar-refractivity contribution in [2.75, 3.05) is 5.32 Å². The van der Waals surface area contributed by atoms with Gasteiger partial charge in [-0.05, 0) is 29.8 Å². The first-order valence-electron chi connectivity index (χ1n) is 5.61. The van der Waals surface area contributed by atoms with E-state index in [4.69, 9.17) is 11.6 Å². The van der Waals surface area contributed by atoms with Gasteiger partial charge >= 0.3 is 6.18 Å². The maximum atomic E-state index is 12.8. The van der Waals surface area contributed by atoms with E-state index in [-0.39, 0.29) is 12.1 Å². The maximum absolute atomic E-state index is 12.8. The molecule has 0 heterocycles. The van der Waals surface area contributed by atoms with Crippen LogP contribution < -0.4 is 5.32 Å². The van der Waals surface area contributed by atoms with Gasteiger partial charge in [-0.1, -0.05) is 35.9 Å². The summed E-state index contributed by atoms with van der Waals surface area (Å²) in [7, 11) is 0. The molecule has 2 aromatic rings. The lowest BCUT2D eigenvalue weighted by molar-refractivity contribution is -0.138. The lowest BCUT2D eigenvalue weighted by Crippen LogP contribution is -2.11. The molecule has 0 aliphatic heterocycles. The monoisotopic (exact) mass is 285 g/mol. The van der Waals surface area contributed by atoms with Crippen molar-refractivity contribution < 1.29 is 13.2 Å². The van der Waals surface area contributed by atoms with Gasteiger partial charge in [-0.2, -0.15) is 13.2 Å². The maximum Gasteiger partial charge on any atom is 0.416 e. The van der Waals surface area contributed by atoms with E-state index in [1.54, 1.807) is 30.3 Å². The lowest BCUT2D eigenvalue weighted by Gasteiger charge is -2.13. The van der Waals surface area contributed by atoms with Crippen molar-refractivity contribution in [2.45, 2.75) is 12.7 Å². The van der Waals surface area contributed by atoms with E-state index in [9.17, 15) is 13.2 Å². The molecular weight excluding hydrogens is 275 g/mol. The van der Waals surface area contributed by atoms with Crippen LogP contribution in [0.25, 0.3) is 0 Å². The molecule has 0 amide bonds. The fraction of sp³-hybridized carbons (Fsp3) is 0.143. The molecule has 0 radical (unpaired) electrons. The van der Waals surface area contributed by atoms with Crippen molar-refractivity contribution >= 4 is 17.3 Å². The second kappa shape index (κ2) is 5.53. The third kappa shape index (κ3) is 3.64. The Bertz CT molecular complexity index is 567. The molecule has 0 aliphatic rings. The van der Waals surface area contributed by atoms with Gasteiger partial charge in [-0.15, -0.1) is 0 Å². The average molecular weight is 286 g/mol. The highest BCUT2D eigenvalue weighted by Gasteiger charge is 2.32. The zero-order valence-electron chi connectivity index (χ0n) is 9.84. The molecule has 1 N–H and O–H groups in total. The highest BCUT2D eigenvalue weighted by molar-refractivity contribution is 6.30. The molecule has 0 aliphatic carbocycles. The van der Waals surface area contributed by atoms with E-state index >= 15 is 0 Å². The van der Waals surface area contributed by atoms with Crippen LogP contribution in [-0.4, -0.2) is 0 Å². The molecule has 0 spiro atoms. The Balaban J connectivity index is 2.16. The third-order valence-corrected chi connectivity index (χ3v) is 2.87. The molecule has 2 aromatic carbocycles. The number of halogens is 4. The first kappa shape index (κ1) is 13.7. The Labute approximate surface area is 114 Å². The summed E-state index contributed by atoms with van der Waals surface area (Å²) in [6.07, 6.45) is -4.34. The Morgan fingerprint density at radius 2 is 1.74 bits per heavy atom. The van der Waals surface area contributed by atoms with Crippen LogP contribution in [-0.2, 0) is 12.7 Å². The number of rotatable bonds is 3. The molecule has 0 fully saturated rings. The van der Waals surface area contributed by atoms with Crippen LogP contribution in [0.5, 0.6) is 0 Å². The van der Waals surface area contributed by atoms with E-state index in [0.717, 1.165) is 6.07 Å². The van der Waals surface area contributed by atoms with Crippen LogP contribution >= 0.6 is 11.6 Å². The van der Waals surface area contributed by atoms with Crippen molar-refractivity contribution in [1.82, 2.24) is 0 Å². The van der Waals surface area contributed by atoms with E-state index in [0.29, 0.717) is 10.7 Å². The highest BCUT2D eigenvalue weighted by Crippen LogP contribution is 2.32. The van der Waals surface area contributed by atoms with Crippen LogP contribution in [0.4, 0.5) is 18.9 Å². The zero-order chi connectivity index (χ0) is 13.9. The average Bonchev–Trinajstić information content (AvgIpc) is 2.36. The van der Waals surface area contributed by atoms with Gasteiger partial charge < -0.3 is 5.32 Å². The fourth-order valence-electron chi connectivity index (χ4n) is 1.75. The minimum atomic E-state index is -4.34. The highest BCUT2D eigenvalue weighted by atomic mass is 35.5. The zero-order valence-corrected chi connectivity index (χ0v) is 10.6. The third-order valence-electron chi connectivity index (χ3n) is 2.63. The number of hydrogen-bond acceptors (Lipinski definition) is 1. The Morgan fingerprint density at radius 1 is 1.00 bits per heavy atom. The Hall–Kier alpha value is -1.68. The minimum Gasteiger partial charge on any atom is -0.381 e. The van der Waals surface area contributed by atoms with Gasteiger partial charge in [-0.3, -0.25) is 0 Å². The quantitative estimate of drug-likeness (QED) is 0.839. The van der Waals surface area contributed by atoms with E-state index < -0.39 is 11.7 Å². The van der Waals surface area contributed by atoms with Gasteiger partial charge in [-0.25, -0.2) is 0 Å². The van der Waals surface area contributed by atoms with E-state index in [1.165, 1.54) is 12.1 Å². The summed E-state index contributed by atoms with van der Waals surface area (Å²) in [6, 6.07) is 12.4. The summed E-state index contributed by atoms with van der Waals surface area (Å²) in [5.74, 6) is 0. The number of benzene rings is 2. The standard InChI is InChI=1S/C14H11ClF3N/c15-11-5-3-6-12(8-11)19-9-10-4-1-2-7-13(10)14(16,17)18/h1-8,19H,9H2. The Morgan fingerprint density at radius 3 is 2.42 bits per heavy atom. The summed E-state index contributed by atoms with van der Waals surface area (Å²) >= 11 is 5.81. The minimum absolute atomic E-state index is 0.0933. The molecule has 19 heavy (non-hydrogen) atoms. The van der Waals surface area contributed by atoms with Crippen LogP contribution in [0, 0.1) is 0 Å². The molecule has 0 saturated carbocycles. The lowest BCUT2D eigenvalue weighted by atomic mass is 10.1.